The van der Waals surface area contributed by atoms with E-state index in [4.69, 9.17) is 4.74 Å². The molecule has 106 valence electrons. The van der Waals surface area contributed by atoms with Crippen LogP contribution in [0.5, 0.6) is 0 Å². The van der Waals surface area contributed by atoms with Crippen LogP contribution in [0.4, 0.5) is 0 Å². The van der Waals surface area contributed by atoms with Crippen molar-refractivity contribution in [3.63, 3.8) is 0 Å². The zero-order valence-corrected chi connectivity index (χ0v) is 12.2. The van der Waals surface area contributed by atoms with E-state index >= 15 is 0 Å². The first kappa shape index (κ1) is 15.4. The Kier molecular flexibility index (Phi) is 6.65. The molecule has 0 amide bonds. The van der Waals surface area contributed by atoms with E-state index < -0.39 is 0 Å². The van der Waals surface area contributed by atoms with Gasteiger partial charge in [0.1, 0.15) is 6.04 Å². The second-order valence-corrected chi connectivity index (χ2v) is 5.39. The van der Waals surface area contributed by atoms with Crippen molar-refractivity contribution in [2.45, 2.75) is 51.1 Å². The van der Waals surface area contributed by atoms with Gasteiger partial charge in [-0.05, 0) is 45.7 Å². The first-order valence-electron chi connectivity index (χ1n) is 7.07. The third-order valence-electron chi connectivity index (χ3n) is 4.32. The number of hydrogen-bond donors (Lipinski definition) is 1. The molecule has 1 N–H and O–H groups in total. The minimum Gasteiger partial charge on any atom is -0.468 e. The van der Waals surface area contributed by atoms with E-state index in [2.05, 4.69) is 24.2 Å². The van der Waals surface area contributed by atoms with Gasteiger partial charge in [0.2, 0.25) is 0 Å². The Balaban J connectivity index is 2.40. The number of rotatable bonds is 6. The fourth-order valence-electron chi connectivity index (χ4n) is 2.86. The molecule has 0 aromatic rings. The fourth-order valence-corrected chi connectivity index (χ4v) is 2.86. The van der Waals surface area contributed by atoms with Gasteiger partial charge in [-0.15, -0.1) is 0 Å². The van der Waals surface area contributed by atoms with Gasteiger partial charge in [-0.3, -0.25) is 4.79 Å². The summed E-state index contributed by atoms with van der Waals surface area (Å²) in [6.45, 7) is 3.01. The Morgan fingerprint density at radius 2 is 2.00 bits per heavy atom. The molecule has 0 aromatic heterocycles. The second kappa shape index (κ2) is 7.74. The largest absolute Gasteiger partial charge is 0.468 e. The molecule has 1 rings (SSSR count). The molecule has 0 spiro atoms. The summed E-state index contributed by atoms with van der Waals surface area (Å²) in [5.41, 5.74) is 0. The summed E-state index contributed by atoms with van der Waals surface area (Å²) in [7, 11) is 5.37. The smallest absolute Gasteiger partial charge is 0.324 e. The number of likely N-dealkylation sites (N-methyl/N-ethyl adjacent to an activating group) is 2. The van der Waals surface area contributed by atoms with Crippen LogP contribution in [0.15, 0.2) is 0 Å². The van der Waals surface area contributed by atoms with Crippen LogP contribution in [-0.4, -0.2) is 50.7 Å². The van der Waals surface area contributed by atoms with Crippen LogP contribution in [0, 0.1) is 5.92 Å². The van der Waals surface area contributed by atoms with Gasteiger partial charge in [0.15, 0.2) is 0 Å². The molecule has 1 atom stereocenters. The van der Waals surface area contributed by atoms with Crippen molar-refractivity contribution in [3.8, 4) is 0 Å². The first-order chi connectivity index (χ1) is 8.62. The average Bonchev–Trinajstić information content (AvgIpc) is 2.43. The van der Waals surface area contributed by atoms with E-state index in [1.165, 1.54) is 39.2 Å². The van der Waals surface area contributed by atoms with Crippen molar-refractivity contribution in [2.75, 3.05) is 27.7 Å². The van der Waals surface area contributed by atoms with E-state index in [0.29, 0.717) is 6.04 Å². The highest BCUT2D eigenvalue weighted by Gasteiger charge is 2.26. The van der Waals surface area contributed by atoms with Crippen molar-refractivity contribution in [2.24, 2.45) is 5.92 Å². The number of ether oxygens (including phenoxy) is 1. The summed E-state index contributed by atoms with van der Waals surface area (Å²) in [4.78, 5) is 13.9. The molecule has 18 heavy (non-hydrogen) atoms. The number of carbonyl (C=O) groups excluding carboxylic acids is 1. The van der Waals surface area contributed by atoms with Crippen molar-refractivity contribution in [3.05, 3.63) is 0 Å². The van der Waals surface area contributed by atoms with Crippen LogP contribution in [0.1, 0.15) is 39.0 Å². The molecule has 1 fully saturated rings. The average molecular weight is 256 g/mol. The molecule has 1 aliphatic rings. The number of esters is 1. The summed E-state index contributed by atoms with van der Waals surface area (Å²) >= 11 is 0. The SMILES string of the molecule is CCC1CCC(N(C)CC(NC)C(=O)OC)CC1. The minimum absolute atomic E-state index is 0.174. The number of nitrogens with one attached hydrogen (secondary N) is 1. The molecule has 0 saturated heterocycles. The molecule has 0 heterocycles. The first-order valence-corrected chi connectivity index (χ1v) is 7.07. The Morgan fingerprint density at radius 3 is 2.44 bits per heavy atom. The Morgan fingerprint density at radius 1 is 1.39 bits per heavy atom. The molecule has 1 saturated carbocycles. The molecule has 0 aliphatic heterocycles. The van der Waals surface area contributed by atoms with Crippen molar-refractivity contribution >= 4 is 5.97 Å². The highest BCUT2D eigenvalue weighted by atomic mass is 16.5. The van der Waals surface area contributed by atoms with Crippen LogP contribution in [0.25, 0.3) is 0 Å². The molecule has 1 aliphatic carbocycles. The third kappa shape index (κ3) is 4.25. The predicted octanol–water partition coefficient (Wildman–Crippen LogP) is 1.65. The van der Waals surface area contributed by atoms with E-state index in [9.17, 15) is 4.79 Å². The number of hydrogen-bond acceptors (Lipinski definition) is 4. The molecule has 4 nitrogen and oxygen atoms in total. The van der Waals surface area contributed by atoms with E-state index in [1.54, 1.807) is 0 Å². The summed E-state index contributed by atoms with van der Waals surface area (Å²) in [5, 5.41) is 3.03. The molecule has 0 bridgehead atoms. The lowest BCUT2D eigenvalue weighted by atomic mass is 9.84. The number of nitrogens with zero attached hydrogens (tertiary/aromatic N) is 1. The summed E-state index contributed by atoms with van der Waals surface area (Å²) in [5.74, 6) is 0.738. The molecule has 4 heteroatoms. The van der Waals surface area contributed by atoms with Gasteiger partial charge >= 0.3 is 5.97 Å². The fraction of sp³-hybridized carbons (Fsp3) is 0.929. The maximum Gasteiger partial charge on any atom is 0.324 e. The number of methoxy groups -OCH3 is 1. The Hall–Kier alpha value is -0.610. The Bertz CT molecular complexity index is 250. The van der Waals surface area contributed by atoms with Gasteiger partial charge in [0, 0.05) is 12.6 Å². The monoisotopic (exact) mass is 256 g/mol. The summed E-state index contributed by atoms with van der Waals surface area (Å²) in [6.07, 6.45) is 6.47. The van der Waals surface area contributed by atoms with Gasteiger partial charge in [-0.2, -0.15) is 0 Å². The second-order valence-electron chi connectivity index (χ2n) is 5.39. The highest BCUT2D eigenvalue weighted by Crippen LogP contribution is 2.28. The molecule has 0 aromatic carbocycles. The van der Waals surface area contributed by atoms with Gasteiger partial charge in [-0.25, -0.2) is 0 Å². The Labute approximate surface area is 111 Å². The molecule has 0 radical (unpaired) electrons. The summed E-state index contributed by atoms with van der Waals surface area (Å²) in [6, 6.07) is 0.400. The van der Waals surface area contributed by atoms with Crippen molar-refractivity contribution in [1.29, 1.82) is 0 Å². The van der Waals surface area contributed by atoms with Crippen LogP contribution < -0.4 is 5.32 Å². The van der Waals surface area contributed by atoms with Gasteiger partial charge < -0.3 is 15.0 Å². The maximum absolute atomic E-state index is 11.5. The lowest BCUT2D eigenvalue weighted by Gasteiger charge is -2.35. The third-order valence-corrected chi connectivity index (χ3v) is 4.32. The van der Waals surface area contributed by atoms with Crippen LogP contribution in [-0.2, 0) is 9.53 Å². The zero-order chi connectivity index (χ0) is 13.5. The van der Waals surface area contributed by atoms with E-state index in [1.807, 2.05) is 7.05 Å². The maximum atomic E-state index is 11.5. The quantitative estimate of drug-likeness (QED) is 0.734. The lowest BCUT2D eigenvalue weighted by molar-refractivity contribution is -0.143. The molecule has 1 unspecified atom stereocenters. The van der Waals surface area contributed by atoms with Crippen LogP contribution >= 0.6 is 0 Å². The van der Waals surface area contributed by atoms with E-state index in [-0.39, 0.29) is 12.0 Å². The van der Waals surface area contributed by atoms with Crippen LogP contribution in [0.2, 0.25) is 0 Å². The van der Waals surface area contributed by atoms with Crippen LogP contribution in [0.3, 0.4) is 0 Å². The van der Waals surface area contributed by atoms with Gasteiger partial charge in [0.25, 0.3) is 0 Å². The standard InChI is InChI=1S/C14H28N2O2/c1-5-11-6-8-12(9-7-11)16(3)10-13(15-2)14(17)18-4/h11-13,15H,5-10H2,1-4H3. The topological polar surface area (TPSA) is 41.6 Å². The van der Waals surface area contributed by atoms with Gasteiger partial charge in [0.05, 0.1) is 7.11 Å². The molecular formula is C14H28N2O2. The zero-order valence-electron chi connectivity index (χ0n) is 12.2. The predicted molar refractivity (Wildman–Crippen MR) is 73.5 cm³/mol. The van der Waals surface area contributed by atoms with E-state index in [0.717, 1.165) is 12.5 Å². The van der Waals surface area contributed by atoms with Crippen molar-refractivity contribution < 1.29 is 9.53 Å². The van der Waals surface area contributed by atoms with Crippen molar-refractivity contribution in [1.82, 2.24) is 10.2 Å². The number of carbonyl (C=O) groups is 1. The normalized spacial score (nSPS) is 26.1. The lowest BCUT2D eigenvalue weighted by Crippen LogP contribution is -2.47. The summed E-state index contributed by atoms with van der Waals surface area (Å²) < 4.78 is 4.80. The highest BCUT2D eigenvalue weighted by molar-refractivity contribution is 5.75. The van der Waals surface area contributed by atoms with Gasteiger partial charge in [-0.1, -0.05) is 13.3 Å². The molecular weight excluding hydrogens is 228 g/mol. The minimum atomic E-state index is -0.219.